The summed E-state index contributed by atoms with van der Waals surface area (Å²) in [7, 11) is 0. The highest BCUT2D eigenvalue weighted by Crippen LogP contribution is 2.11. The van der Waals surface area contributed by atoms with Crippen LogP contribution in [0.1, 0.15) is 25.2 Å². The molecule has 0 amide bonds. The minimum Gasteiger partial charge on any atom is -0.244 e. The molecule has 0 spiro atoms. The zero-order valence-electron chi connectivity index (χ0n) is 8.24. The van der Waals surface area contributed by atoms with Gasteiger partial charge in [0.05, 0.1) is 0 Å². The Morgan fingerprint density at radius 3 is 2.62 bits per heavy atom. The van der Waals surface area contributed by atoms with Gasteiger partial charge in [0.1, 0.15) is 11.4 Å². The van der Waals surface area contributed by atoms with Crippen LogP contribution >= 0.6 is 0 Å². The molecule has 1 rings (SSSR count). The lowest BCUT2D eigenvalue weighted by atomic mass is 10.0. The molecule has 0 fully saturated rings. The zero-order valence-corrected chi connectivity index (χ0v) is 8.24. The van der Waals surface area contributed by atoms with E-state index in [9.17, 15) is 0 Å². The average molecular weight is 178 g/mol. The summed E-state index contributed by atoms with van der Waals surface area (Å²) < 4.78 is 4.56. The molecule has 0 unspecified atom stereocenters. The predicted molar refractivity (Wildman–Crippen MR) is 52.0 cm³/mol. The number of nitrogens with zero attached hydrogens (tertiary/aromatic N) is 2. The van der Waals surface area contributed by atoms with E-state index >= 15 is 0 Å². The molecule has 0 aliphatic carbocycles. The lowest BCUT2D eigenvalue weighted by Crippen LogP contribution is -1.87. The number of hydrogen-bond donors (Lipinski definition) is 0. The third-order valence-electron chi connectivity index (χ3n) is 1.88. The van der Waals surface area contributed by atoms with Crippen molar-refractivity contribution in [2.45, 2.75) is 20.8 Å². The van der Waals surface area contributed by atoms with Gasteiger partial charge in [0.2, 0.25) is 0 Å². The Morgan fingerprint density at radius 2 is 2.15 bits per heavy atom. The van der Waals surface area contributed by atoms with Gasteiger partial charge in [0.15, 0.2) is 0 Å². The van der Waals surface area contributed by atoms with Crippen LogP contribution in [0.3, 0.4) is 0 Å². The van der Waals surface area contributed by atoms with Crippen molar-refractivity contribution in [1.29, 1.82) is 0 Å². The van der Waals surface area contributed by atoms with Gasteiger partial charge in [-0.25, -0.2) is 4.63 Å². The van der Waals surface area contributed by atoms with Crippen molar-refractivity contribution >= 4 is 6.08 Å². The van der Waals surface area contributed by atoms with Crippen LogP contribution in [0.25, 0.3) is 6.08 Å². The Hall–Kier alpha value is -1.38. The van der Waals surface area contributed by atoms with Crippen molar-refractivity contribution in [2.75, 3.05) is 0 Å². The number of aromatic nitrogens is 2. The van der Waals surface area contributed by atoms with E-state index in [4.69, 9.17) is 0 Å². The fourth-order valence-corrected chi connectivity index (χ4v) is 0.768. The van der Waals surface area contributed by atoms with Crippen LogP contribution < -0.4 is 0 Å². The average Bonchev–Trinajstić information content (AvgIpc) is 2.47. The summed E-state index contributed by atoms with van der Waals surface area (Å²) in [4.78, 5) is 0. The quantitative estimate of drug-likeness (QED) is 0.668. The largest absolute Gasteiger partial charge is 0.244 e. The Balaban J connectivity index is 2.69. The molecule has 1 heterocycles. The van der Waals surface area contributed by atoms with Gasteiger partial charge in [-0.05, 0) is 18.9 Å². The first-order valence-electron chi connectivity index (χ1n) is 4.27. The molecule has 0 saturated heterocycles. The maximum Gasteiger partial charge on any atom is 0.130 e. The molecule has 1 aromatic heterocycles. The Bertz CT molecular complexity index is 323. The van der Waals surface area contributed by atoms with Crippen molar-refractivity contribution in [3.63, 3.8) is 0 Å². The summed E-state index contributed by atoms with van der Waals surface area (Å²) in [6.07, 6.45) is 3.81. The van der Waals surface area contributed by atoms with E-state index in [2.05, 4.69) is 35.4 Å². The maximum atomic E-state index is 4.56. The van der Waals surface area contributed by atoms with E-state index in [0.29, 0.717) is 5.92 Å². The molecule has 1 aromatic rings. The van der Waals surface area contributed by atoms with E-state index in [0.717, 1.165) is 17.0 Å². The molecule has 3 nitrogen and oxygen atoms in total. The third kappa shape index (κ3) is 2.54. The summed E-state index contributed by atoms with van der Waals surface area (Å²) in [5, 5.41) is 7.41. The molecular formula is C10H14N2O. The summed E-state index contributed by atoms with van der Waals surface area (Å²) in [6, 6.07) is 0. The first kappa shape index (κ1) is 9.71. The summed E-state index contributed by atoms with van der Waals surface area (Å²) in [6.45, 7) is 9.97. The predicted octanol–water partition coefficient (Wildman–Crippen LogP) is 2.60. The van der Waals surface area contributed by atoms with Crippen LogP contribution in [0, 0.1) is 12.8 Å². The van der Waals surface area contributed by atoms with E-state index < -0.39 is 0 Å². The molecule has 0 aliphatic heterocycles. The standard InChI is InChI=1S/C10H14N2O/c1-7(2)8(3)5-6-10-9(4)11-13-12-10/h5-7H,3H2,1-2,4H3/b6-5-. The minimum atomic E-state index is 0.455. The van der Waals surface area contributed by atoms with Crippen molar-refractivity contribution in [2.24, 2.45) is 5.92 Å². The van der Waals surface area contributed by atoms with Gasteiger partial charge in [-0.3, -0.25) is 0 Å². The highest BCUT2D eigenvalue weighted by atomic mass is 16.6. The fraction of sp³-hybridized carbons (Fsp3) is 0.400. The topological polar surface area (TPSA) is 38.9 Å². The van der Waals surface area contributed by atoms with Crippen molar-refractivity contribution in [3.05, 3.63) is 29.6 Å². The van der Waals surface area contributed by atoms with Crippen LogP contribution in [0.4, 0.5) is 0 Å². The molecule has 0 saturated carbocycles. The van der Waals surface area contributed by atoms with Crippen LogP contribution in [-0.4, -0.2) is 10.3 Å². The Labute approximate surface area is 78.1 Å². The Kier molecular flexibility index (Phi) is 3.01. The van der Waals surface area contributed by atoms with Crippen LogP contribution in [0.15, 0.2) is 22.9 Å². The van der Waals surface area contributed by atoms with Crippen molar-refractivity contribution < 1.29 is 4.63 Å². The van der Waals surface area contributed by atoms with Crippen LogP contribution in [0.2, 0.25) is 0 Å². The minimum absolute atomic E-state index is 0.455. The smallest absolute Gasteiger partial charge is 0.130 e. The lowest BCUT2D eigenvalue weighted by molar-refractivity contribution is 0.304. The molecule has 13 heavy (non-hydrogen) atoms. The number of aryl methyl sites for hydroxylation is 1. The highest BCUT2D eigenvalue weighted by Gasteiger charge is 2.00. The van der Waals surface area contributed by atoms with Crippen LogP contribution in [0.5, 0.6) is 0 Å². The summed E-state index contributed by atoms with van der Waals surface area (Å²) in [5.41, 5.74) is 2.64. The lowest BCUT2D eigenvalue weighted by Gasteiger charge is -2.01. The molecule has 70 valence electrons. The number of allylic oxidation sites excluding steroid dienone is 2. The maximum absolute atomic E-state index is 4.56. The van der Waals surface area contributed by atoms with E-state index in [1.165, 1.54) is 0 Å². The molecular weight excluding hydrogens is 164 g/mol. The summed E-state index contributed by atoms with van der Waals surface area (Å²) in [5.74, 6) is 0.455. The molecule has 0 N–H and O–H groups in total. The molecule has 0 aromatic carbocycles. The van der Waals surface area contributed by atoms with E-state index in [1.54, 1.807) is 0 Å². The van der Waals surface area contributed by atoms with E-state index in [1.807, 2.05) is 19.1 Å². The second kappa shape index (κ2) is 4.03. The van der Waals surface area contributed by atoms with Gasteiger partial charge in [0, 0.05) is 0 Å². The highest BCUT2D eigenvalue weighted by molar-refractivity contribution is 5.50. The third-order valence-corrected chi connectivity index (χ3v) is 1.88. The first-order valence-corrected chi connectivity index (χ1v) is 4.27. The van der Waals surface area contributed by atoms with Gasteiger partial charge < -0.3 is 0 Å². The zero-order chi connectivity index (χ0) is 9.84. The molecule has 3 heteroatoms. The molecule has 0 radical (unpaired) electrons. The van der Waals surface area contributed by atoms with Crippen molar-refractivity contribution in [3.8, 4) is 0 Å². The van der Waals surface area contributed by atoms with Gasteiger partial charge in [-0.1, -0.05) is 42.4 Å². The van der Waals surface area contributed by atoms with Gasteiger partial charge >= 0.3 is 0 Å². The molecule has 0 aliphatic rings. The summed E-state index contributed by atoms with van der Waals surface area (Å²) >= 11 is 0. The Morgan fingerprint density at radius 1 is 1.46 bits per heavy atom. The second-order valence-corrected chi connectivity index (χ2v) is 3.30. The van der Waals surface area contributed by atoms with Crippen molar-refractivity contribution in [1.82, 2.24) is 10.3 Å². The monoisotopic (exact) mass is 178 g/mol. The normalized spacial score (nSPS) is 11.4. The van der Waals surface area contributed by atoms with Gasteiger partial charge in [-0.15, -0.1) is 0 Å². The second-order valence-electron chi connectivity index (χ2n) is 3.30. The fourth-order valence-electron chi connectivity index (χ4n) is 0.768. The van der Waals surface area contributed by atoms with Crippen LogP contribution in [-0.2, 0) is 0 Å². The van der Waals surface area contributed by atoms with E-state index in [-0.39, 0.29) is 0 Å². The number of hydrogen-bond acceptors (Lipinski definition) is 3. The van der Waals surface area contributed by atoms with Gasteiger partial charge in [0.25, 0.3) is 0 Å². The first-order chi connectivity index (χ1) is 6.11. The molecule has 0 atom stereocenters. The van der Waals surface area contributed by atoms with Gasteiger partial charge in [-0.2, -0.15) is 0 Å². The SMILES string of the molecule is C=C(/C=C\c1nonc1C)C(C)C. The molecule has 0 bridgehead atoms. The number of rotatable bonds is 3.